The van der Waals surface area contributed by atoms with Crippen LogP contribution in [0.15, 0.2) is 71.1 Å². The number of Topliss-reactive ketones (excluding diaryl/α,β-unsaturated/α-hetero) is 1. The minimum Gasteiger partial charge on any atom is -0.508 e. The fraction of sp³-hybridized carbons (Fsp3) is 0.280. The lowest BCUT2D eigenvalue weighted by Crippen LogP contribution is -2.36. The highest BCUT2D eigenvalue weighted by atomic mass is 16.5. The Kier molecular flexibility index (Phi) is 5.55. The predicted molar refractivity (Wildman–Crippen MR) is 116 cm³/mol. The molecule has 31 heavy (non-hydrogen) atoms. The Labute approximate surface area is 181 Å². The Balaban J connectivity index is 1.76. The van der Waals surface area contributed by atoms with Crippen molar-refractivity contribution in [2.75, 3.05) is 14.2 Å². The van der Waals surface area contributed by atoms with Gasteiger partial charge in [0, 0.05) is 29.3 Å². The zero-order valence-corrected chi connectivity index (χ0v) is 17.8. The molecule has 0 bridgehead atoms. The van der Waals surface area contributed by atoms with E-state index in [0.717, 1.165) is 22.6 Å². The zero-order valence-electron chi connectivity index (χ0n) is 17.8. The summed E-state index contributed by atoms with van der Waals surface area (Å²) in [5.74, 6) is -0.0651. The number of carbonyl (C=O) groups is 2. The molecular formula is C25H25NO5. The number of ether oxygens (including phenoxy) is 2. The fourth-order valence-corrected chi connectivity index (χ4v) is 4.53. The van der Waals surface area contributed by atoms with E-state index in [-0.39, 0.29) is 17.5 Å². The van der Waals surface area contributed by atoms with Crippen molar-refractivity contribution < 1.29 is 24.2 Å². The van der Waals surface area contributed by atoms with Gasteiger partial charge in [-0.15, -0.1) is 0 Å². The van der Waals surface area contributed by atoms with Gasteiger partial charge in [0.15, 0.2) is 5.78 Å². The van der Waals surface area contributed by atoms with E-state index in [2.05, 4.69) is 5.32 Å². The first-order valence-corrected chi connectivity index (χ1v) is 10.2. The molecule has 0 unspecified atom stereocenters. The molecule has 6 heteroatoms. The van der Waals surface area contributed by atoms with Gasteiger partial charge in [0.05, 0.1) is 19.8 Å². The molecule has 2 N–H and O–H groups in total. The second-order valence-electron chi connectivity index (χ2n) is 7.87. The molecule has 0 aromatic heterocycles. The number of nitrogens with one attached hydrogen (secondary N) is 1. The van der Waals surface area contributed by atoms with Crippen LogP contribution in [0.5, 0.6) is 11.5 Å². The number of ketones is 1. The molecule has 1 heterocycles. The third-order valence-electron chi connectivity index (χ3n) is 6.05. The fourth-order valence-electron chi connectivity index (χ4n) is 4.53. The molecule has 1 aliphatic heterocycles. The SMILES string of the molecule is COC(=O)C1=C(C)NC2=C(C(=O)C[C@H](c3ccc(OC)cc3)C2)[C@@H]1c1ccc(O)cc1. The first-order valence-electron chi connectivity index (χ1n) is 10.2. The van der Waals surface area contributed by atoms with E-state index < -0.39 is 11.9 Å². The van der Waals surface area contributed by atoms with Crippen molar-refractivity contribution in [3.63, 3.8) is 0 Å². The van der Waals surface area contributed by atoms with Gasteiger partial charge in [-0.2, -0.15) is 0 Å². The van der Waals surface area contributed by atoms with Gasteiger partial charge in [-0.05, 0) is 54.7 Å². The lowest BCUT2D eigenvalue weighted by Gasteiger charge is -2.36. The largest absolute Gasteiger partial charge is 0.508 e. The molecule has 0 fully saturated rings. The molecule has 2 atom stereocenters. The summed E-state index contributed by atoms with van der Waals surface area (Å²) in [4.78, 5) is 26.0. The number of allylic oxidation sites excluding steroid dienone is 3. The zero-order chi connectivity index (χ0) is 22.1. The minimum atomic E-state index is -0.534. The summed E-state index contributed by atoms with van der Waals surface area (Å²) in [7, 11) is 2.96. The number of methoxy groups -OCH3 is 2. The summed E-state index contributed by atoms with van der Waals surface area (Å²) in [6.45, 7) is 1.82. The summed E-state index contributed by atoms with van der Waals surface area (Å²) >= 11 is 0. The summed E-state index contributed by atoms with van der Waals surface area (Å²) in [5, 5.41) is 13.0. The van der Waals surface area contributed by atoms with Crippen molar-refractivity contribution in [1.82, 2.24) is 5.32 Å². The maximum absolute atomic E-state index is 13.4. The van der Waals surface area contributed by atoms with Crippen LogP contribution in [-0.4, -0.2) is 31.1 Å². The van der Waals surface area contributed by atoms with Gasteiger partial charge in [-0.3, -0.25) is 4.79 Å². The maximum Gasteiger partial charge on any atom is 0.336 e. The van der Waals surface area contributed by atoms with E-state index >= 15 is 0 Å². The van der Waals surface area contributed by atoms with Crippen LogP contribution in [0.2, 0.25) is 0 Å². The van der Waals surface area contributed by atoms with Gasteiger partial charge in [0.2, 0.25) is 0 Å². The van der Waals surface area contributed by atoms with Crippen LogP contribution in [0.1, 0.15) is 42.7 Å². The second kappa shape index (κ2) is 8.30. The maximum atomic E-state index is 13.4. The van der Waals surface area contributed by atoms with E-state index in [1.165, 1.54) is 7.11 Å². The quantitative estimate of drug-likeness (QED) is 0.731. The van der Waals surface area contributed by atoms with Crippen LogP contribution < -0.4 is 10.1 Å². The molecule has 0 saturated heterocycles. The first kappa shape index (κ1) is 20.7. The Morgan fingerprint density at radius 1 is 1.00 bits per heavy atom. The lowest BCUT2D eigenvalue weighted by atomic mass is 9.71. The van der Waals surface area contributed by atoms with Crippen LogP contribution in [-0.2, 0) is 14.3 Å². The number of carbonyl (C=O) groups excluding carboxylic acids is 2. The van der Waals surface area contributed by atoms with Gasteiger partial charge >= 0.3 is 5.97 Å². The number of hydrogen-bond donors (Lipinski definition) is 2. The molecule has 2 aliphatic rings. The molecule has 2 aromatic rings. The van der Waals surface area contributed by atoms with Crippen molar-refractivity contribution in [1.29, 1.82) is 0 Å². The summed E-state index contributed by atoms with van der Waals surface area (Å²) in [5.41, 5.74) is 4.36. The Bertz CT molecular complexity index is 1080. The molecule has 0 amide bonds. The van der Waals surface area contributed by atoms with E-state index in [1.807, 2.05) is 31.2 Å². The normalized spacial score (nSPS) is 20.8. The number of phenols is 1. The minimum absolute atomic E-state index is 0.00143. The standard InChI is InChI=1S/C25H25NO5/c1-14-22(25(29)31-3)23(16-4-8-18(27)9-5-16)24-20(26-14)12-17(13-21(24)28)15-6-10-19(30-2)11-7-15/h4-11,17,23,26-27H,12-13H2,1-3H3/t17-,23-/m1/s1. The van der Waals surface area contributed by atoms with Crippen molar-refractivity contribution in [3.05, 3.63) is 82.2 Å². The number of rotatable bonds is 4. The van der Waals surface area contributed by atoms with E-state index in [1.54, 1.807) is 31.4 Å². The highest BCUT2D eigenvalue weighted by Gasteiger charge is 2.41. The average Bonchev–Trinajstić information content (AvgIpc) is 2.78. The molecular weight excluding hydrogens is 394 g/mol. The van der Waals surface area contributed by atoms with Gasteiger partial charge in [0.25, 0.3) is 0 Å². The van der Waals surface area contributed by atoms with Gasteiger partial charge in [-0.25, -0.2) is 4.79 Å². The topological polar surface area (TPSA) is 84.9 Å². The Hall–Kier alpha value is -3.54. The number of aromatic hydroxyl groups is 1. The Morgan fingerprint density at radius 3 is 2.26 bits per heavy atom. The third kappa shape index (κ3) is 3.81. The summed E-state index contributed by atoms with van der Waals surface area (Å²) in [6, 6.07) is 14.4. The van der Waals surface area contributed by atoms with E-state index in [9.17, 15) is 14.7 Å². The first-order chi connectivity index (χ1) is 14.9. The van der Waals surface area contributed by atoms with Crippen molar-refractivity contribution in [3.8, 4) is 11.5 Å². The number of benzene rings is 2. The molecule has 160 valence electrons. The highest BCUT2D eigenvalue weighted by molar-refractivity contribution is 6.04. The molecule has 6 nitrogen and oxygen atoms in total. The number of esters is 1. The molecule has 0 radical (unpaired) electrons. The van der Waals surface area contributed by atoms with Crippen LogP contribution in [0, 0.1) is 0 Å². The molecule has 0 spiro atoms. The monoisotopic (exact) mass is 419 g/mol. The number of dihydropyridines is 1. The average molecular weight is 419 g/mol. The van der Waals surface area contributed by atoms with Gasteiger partial charge in [0.1, 0.15) is 11.5 Å². The van der Waals surface area contributed by atoms with Gasteiger partial charge in [-0.1, -0.05) is 24.3 Å². The third-order valence-corrected chi connectivity index (χ3v) is 6.05. The number of phenolic OH excluding ortho intramolecular Hbond substituents is 1. The van der Waals surface area contributed by atoms with Crippen molar-refractivity contribution in [2.24, 2.45) is 0 Å². The van der Waals surface area contributed by atoms with Crippen molar-refractivity contribution >= 4 is 11.8 Å². The van der Waals surface area contributed by atoms with Crippen LogP contribution in [0.4, 0.5) is 0 Å². The highest BCUT2D eigenvalue weighted by Crippen LogP contribution is 2.45. The van der Waals surface area contributed by atoms with E-state index in [4.69, 9.17) is 9.47 Å². The Morgan fingerprint density at radius 2 is 1.65 bits per heavy atom. The molecule has 4 rings (SSSR count). The number of hydrogen-bond acceptors (Lipinski definition) is 6. The smallest absolute Gasteiger partial charge is 0.336 e. The van der Waals surface area contributed by atoms with Crippen LogP contribution >= 0.6 is 0 Å². The second-order valence-corrected chi connectivity index (χ2v) is 7.87. The summed E-state index contributed by atoms with van der Waals surface area (Å²) < 4.78 is 10.3. The predicted octanol–water partition coefficient (Wildman–Crippen LogP) is 3.94. The van der Waals surface area contributed by atoms with Crippen LogP contribution in [0.25, 0.3) is 0 Å². The molecule has 2 aromatic carbocycles. The van der Waals surface area contributed by atoms with Crippen molar-refractivity contribution in [2.45, 2.75) is 31.6 Å². The van der Waals surface area contributed by atoms with E-state index in [0.29, 0.717) is 29.7 Å². The van der Waals surface area contributed by atoms with Crippen LogP contribution in [0.3, 0.4) is 0 Å². The molecule has 0 saturated carbocycles. The lowest BCUT2D eigenvalue weighted by molar-refractivity contribution is -0.136. The molecule has 1 aliphatic carbocycles. The van der Waals surface area contributed by atoms with Gasteiger partial charge < -0.3 is 19.9 Å². The summed E-state index contributed by atoms with van der Waals surface area (Å²) in [6.07, 6.45) is 1.02.